The largest absolute Gasteiger partial charge is 0.390 e. The summed E-state index contributed by atoms with van der Waals surface area (Å²) in [4.78, 5) is 15.7. The van der Waals surface area contributed by atoms with Crippen molar-refractivity contribution >= 4 is 16.8 Å². The van der Waals surface area contributed by atoms with E-state index in [9.17, 15) is 9.90 Å². The zero-order chi connectivity index (χ0) is 17.5. The highest BCUT2D eigenvalue weighted by Gasteiger charge is 2.36. The van der Waals surface area contributed by atoms with Gasteiger partial charge in [0.25, 0.3) is 5.91 Å². The van der Waals surface area contributed by atoms with Crippen molar-refractivity contribution < 1.29 is 9.90 Å². The molecule has 5 nitrogen and oxygen atoms in total. The number of carbonyl (C=O) groups excluding carboxylic acids is 1. The van der Waals surface area contributed by atoms with Crippen molar-refractivity contribution in [3.63, 3.8) is 0 Å². The average molecular weight is 329 g/mol. The fourth-order valence-corrected chi connectivity index (χ4v) is 3.65. The third-order valence-corrected chi connectivity index (χ3v) is 5.24. The topological polar surface area (TPSA) is 91.1 Å². The van der Waals surface area contributed by atoms with Crippen LogP contribution in [0.4, 0.5) is 0 Å². The Morgan fingerprint density at radius 1 is 1.33 bits per heavy atom. The van der Waals surface area contributed by atoms with Crippen LogP contribution in [-0.4, -0.2) is 33.7 Å². The first-order chi connectivity index (χ1) is 11.2. The number of amides is 1. The molecule has 5 heteroatoms. The summed E-state index contributed by atoms with van der Waals surface area (Å²) < 4.78 is 0. The zero-order valence-corrected chi connectivity index (χ0v) is 14.6. The molecule has 0 saturated heterocycles. The van der Waals surface area contributed by atoms with Gasteiger partial charge in [0.15, 0.2) is 0 Å². The molecule has 0 radical (unpaired) electrons. The summed E-state index contributed by atoms with van der Waals surface area (Å²) in [6.45, 7) is 5.69. The highest BCUT2D eigenvalue weighted by molar-refractivity contribution is 5.98. The number of hydrogen-bond acceptors (Lipinski definition) is 3. The van der Waals surface area contributed by atoms with Gasteiger partial charge in [0.2, 0.25) is 0 Å². The first-order valence-electron chi connectivity index (χ1n) is 8.62. The summed E-state index contributed by atoms with van der Waals surface area (Å²) >= 11 is 0. The molecule has 1 aromatic carbocycles. The van der Waals surface area contributed by atoms with Gasteiger partial charge in [0.1, 0.15) is 5.69 Å². The summed E-state index contributed by atoms with van der Waals surface area (Å²) in [7, 11) is 0. The van der Waals surface area contributed by atoms with Gasteiger partial charge in [-0.2, -0.15) is 0 Å². The number of hydrogen-bond donors (Lipinski definition) is 4. The molecule has 1 aromatic heterocycles. The zero-order valence-electron chi connectivity index (χ0n) is 14.6. The lowest BCUT2D eigenvalue weighted by molar-refractivity contribution is -0.00651. The number of aryl methyl sites for hydroxylation is 1. The Kier molecular flexibility index (Phi) is 4.40. The van der Waals surface area contributed by atoms with Crippen LogP contribution in [0.5, 0.6) is 0 Å². The number of aliphatic hydroxyl groups is 1. The van der Waals surface area contributed by atoms with Crippen molar-refractivity contribution in [1.29, 1.82) is 0 Å². The molecule has 0 spiro atoms. The minimum atomic E-state index is -0.721. The van der Waals surface area contributed by atoms with Gasteiger partial charge in [0, 0.05) is 23.0 Å². The van der Waals surface area contributed by atoms with E-state index in [-0.39, 0.29) is 23.9 Å². The number of benzene rings is 1. The molecule has 1 amide bonds. The van der Waals surface area contributed by atoms with E-state index in [1.165, 1.54) is 5.56 Å². The lowest BCUT2D eigenvalue weighted by Crippen LogP contribution is -2.53. The highest BCUT2D eigenvalue weighted by Crippen LogP contribution is 2.32. The van der Waals surface area contributed by atoms with E-state index in [1.807, 2.05) is 39.0 Å². The van der Waals surface area contributed by atoms with Crippen molar-refractivity contribution in [3.05, 3.63) is 35.5 Å². The van der Waals surface area contributed by atoms with E-state index >= 15 is 0 Å². The van der Waals surface area contributed by atoms with E-state index in [0.717, 1.165) is 30.2 Å². The van der Waals surface area contributed by atoms with Crippen LogP contribution in [-0.2, 0) is 0 Å². The van der Waals surface area contributed by atoms with Crippen molar-refractivity contribution in [3.8, 4) is 0 Å². The number of H-pyrrole nitrogens is 1. The predicted octanol–water partition coefficient (Wildman–Crippen LogP) is 2.47. The quantitative estimate of drug-likeness (QED) is 0.697. The van der Waals surface area contributed by atoms with Gasteiger partial charge >= 0.3 is 0 Å². The Hall–Kier alpha value is -1.85. The summed E-state index contributed by atoms with van der Waals surface area (Å²) in [5.74, 6) is 0.0581. The fourth-order valence-electron chi connectivity index (χ4n) is 3.65. The normalized spacial score (nSPS) is 25.0. The van der Waals surface area contributed by atoms with Crippen LogP contribution < -0.4 is 11.1 Å². The van der Waals surface area contributed by atoms with E-state index in [0.29, 0.717) is 5.69 Å². The first kappa shape index (κ1) is 17.0. The summed E-state index contributed by atoms with van der Waals surface area (Å²) in [6, 6.07) is 7.76. The van der Waals surface area contributed by atoms with Gasteiger partial charge < -0.3 is 21.1 Å². The predicted molar refractivity (Wildman–Crippen MR) is 95.9 cm³/mol. The van der Waals surface area contributed by atoms with Gasteiger partial charge in [-0.15, -0.1) is 0 Å². The second kappa shape index (κ2) is 6.22. The molecule has 130 valence electrons. The van der Waals surface area contributed by atoms with E-state index in [1.54, 1.807) is 0 Å². The maximum absolute atomic E-state index is 12.5. The second-order valence-corrected chi connectivity index (χ2v) is 7.68. The number of aromatic amines is 1. The Labute approximate surface area is 142 Å². The number of nitrogens with one attached hydrogen (secondary N) is 2. The molecule has 0 bridgehead atoms. The number of carbonyl (C=O) groups is 1. The van der Waals surface area contributed by atoms with E-state index in [4.69, 9.17) is 5.73 Å². The van der Waals surface area contributed by atoms with E-state index in [2.05, 4.69) is 16.4 Å². The Balaban J connectivity index is 1.68. The van der Waals surface area contributed by atoms with Crippen LogP contribution in [0.25, 0.3) is 10.9 Å². The first-order valence-corrected chi connectivity index (χ1v) is 8.62. The SMILES string of the molecule is Cc1ccc2[nH]c(C(=O)N[C@H]3CC[C@H](C(C)(C)O)C[C@H]3N)cc2c1. The molecule has 0 aliphatic heterocycles. The molecule has 24 heavy (non-hydrogen) atoms. The number of rotatable bonds is 3. The van der Waals surface area contributed by atoms with Gasteiger partial charge in [-0.3, -0.25) is 4.79 Å². The molecule has 2 aromatic rings. The molecule has 3 atom stereocenters. The lowest BCUT2D eigenvalue weighted by Gasteiger charge is -2.39. The molecular weight excluding hydrogens is 302 g/mol. The molecular formula is C19H27N3O2. The maximum atomic E-state index is 12.5. The highest BCUT2D eigenvalue weighted by atomic mass is 16.3. The summed E-state index contributed by atoms with van der Waals surface area (Å²) in [5.41, 5.74) is 8.22. The van der Waals surface area contributed by atoms with Gasteiger partial charge in [-0.1, -0.05) is 11.6 Å². The van der Waals surface area contributed by atoms with Crippen molar-refractivity contribution in [2.75, 3.05) is 0 Å². The minimum absolute atomic E-state index is 0.0516. The van der Waals surface area contributed by atoms with Crippen molar-refractivity contribution in [2.45, 2.75) is 57.7 Å². The van der Waals surface area contributed by atoms with Crippen LogP contribution in [0.3, 0.4) is 0 Å². The molecule has 1 fully saturated rings. The number of aromatic nitrogens is 1. The van der Waals surface area contributed by atoms with Crippen molar-refractivity contribution in [1.82, 2.24) is 10.3 Å². The molecule has 3 rings (SSSR count). The number of nitrogens with two attached hydrogens (primary N) is 1. The van der Waals surface area contributed by atoms with Gasteiger partial charge in [-0.25, -0.2) is 0 Å². The van der Waals surface area contributed by atoms with E-state index < -0.39 is 5.60 Å². The van der Waals surface area contributed by atoms with Crippen LogP contribution in [0.2, 0.25) is 0 Å². The summed E-state index contributed by atoms with van der Waals surface area (Å²) in [5, 5.41) is 14.3. The minimum Gasteiger partial charge on any atom is -0.390 e. The number of fused-ring (bicyclic) bond motifs is 1. The Morgan fingerprint density at radius 2 is 2.08 bits per heavy atom. The molecule has 5 N–H and O–H groups in total. The smallest absolute Gasteiger partial charge is 0.268 e. The van der Waals surface area contributed by atoms with Crippen LogP contribution in [0.1, 0.15) is 49.2 Å². The fraction of sp³-hybridized carbons (Fsp3) is 0.526. The van der Waals surface area contributed by atoms with Crippen LogP contribution >= 0.6 is 0 Å². The summed E-state index contributed by atoms with van der Waals surface area (Å²) in [6.07, 6.45) is 2.38. The Bertz CT molecular complexity index is 745. The van der Waals surface area contributed by atoms with Gasteiger partial charge in [0.05, 0.1) is 5.60 Å². The molecule has 0 unspecified atom stereocenters. The standard InChI is InChI=1S/C19H27N3O2/c1-11-4-6-15-12(8-11)9-17(21-15)18(23)22-16-7-5-13(10-14(16)20)19(2,3)24/h4,6,8-9,13-14,16,21,24H,5,7,10,20H2,1-3H3,(H,22,23)/t13-,14+,16-/m0/s1. The molecule has 1 aliphatic rings. The third kappa shape index (κ3) is 3.47. The monoisotopic (exact) mass is 329 g/mol. The molecule has 1 saturated carbocycles. The van der Waals surface area contributed by atoms with Crippen LogP contribution in [0, 0.1) is 12.8 Å². The second-order valence-electron chi connectivity index (χ2n) is 7.68. The van der Waals surface area contributed by atoms with Gasteiger partial charge in [-0.05, 0) is 64.2 Å². The van der Waals surface area contributed by atoms with Crippen LogP contribution in [0.15, 0.2) is 24.3 Å². The molecule has 1 heterocycles. The third-order valence-electron chi connectivity index (χ3n) is 5.24. The van der Waals surface area contributed by atoms with Crippen molar-refractivity contribution in [2.24, 2.45) is 11.7 Å². The lowest BCUT2D eigenvalue weighted by atomic mass is 9.75. The average Bonchev–Trinajstić information content (AvgIpc) is 2.91. The maximum Gasteiger partial charge on any atom is 0.268 e. The molecule has 1 aliphatic carbocycles. The Morgan fingerprint density at radius 3 is 2.75 bits per heavy atom.